The standard InChI is InChI=1S/C12H9Cl2NO/c13-6-9-3-1-2-4-12(9)16-11-5-10(14)7-15-8-11/h1-5,7-8H,6H2. The van der Waals surface area contributed by atoms with E-state index in [2.05, 4.69) is 4.98 Å². The summed E-state index contributed by atoms with van der Waals surface area (Å²) in [5, 5.41) is 0.542. The third-order valence-electron chi connectivity index (χ3n) is 2.02. The van der Waals surface area contributed by atoms with Crippen LogP contribution < -0.4 is 4.74 Å². The molecule has 1 aromatic heterocycles. The number of alkyl halides is 1. The quantitative estimate of drug-likeness (QED) is 0.763. The van der Waals surface area contributed by atoms with Crippen LogP contribution in [0, 0.1) is 0 Å². The molecule has 4 heteroatoms. The first-order valence-corrected chi connectivity index (χ1v) is 5.63. The van der Waals surface area contributed by atoms with E-state index >= 15 is 0 Å². The van der Waals surface area contributed by atoms with E-state index in [1.165, 1.54) is 0 Å². The fourth-order valence-electron chi connectivity index (χ4n) is 1.29. The molecule has 2 rings (SSSR count). The van der Waals surface area contributed by atoms with Crippen LogP contribution in [0.1, 0.15) is 5.56 Å². The maximum Gasteiger partial charge on any atom is 0.147 e. The lowest BCUT2D eigenvalue weighted by molar-refractivity contribution is 0.476. The van der Waals surface area contributed by atoms with Gasteiger partial charge in [0.2, 0.25) is 0 Å². The SMILES string of the molecule is ClCc1ccccc1Oc1cncc(Cl)c1. The highest BCUT2D eigenvalue weighted by Crippen LogP contribution is 2.27. The van der Waals surface area contributed by atoms with Crippen LogP contribution in [0.3, 0.4) is 0 Å². The topological polar surface area (TPSA) is 22.1 Å². The summed E-state index contributed by atoms with van der Waals surface area (Å²) in [6, 6.07) is 9.29. The van der Waals surface area contributed by atoms with E-state index in [0.29, 0.717) is 16.7 Å². The normalized spacial score (nSPS) is 10.1. The number of rotatable bonds is 3. The molecule has 0 amide bonds. The second-order valence-electron chi connectivity index (χ2n) is 3.18. The molecule has 0 saturated carbocycles. The average Bonchev–Trinajstić information content (AvgIpc) is 2.30. The van der Waals surface area contributed by atoms with Gasteiger partial charge in [0.15, 0.2) is 0 Å². The minimum atomic E-state index is 0.407. The average molecular weight is 254 g/mol. The molecular weight excluding hydrogens is 245 g/mol. The molecule has 2 nitrogen and oxygen atoms in total. The summed E-state index contributed by atoms with van der Waals surface area (Å²) < 4.78 is 5.65. The van der Waals surface area contributed by atoms with Crippen molar-refractivity contribution in [2.45, 2.75) is 5.88 Å². The van der Waals surface area contributed by atoms with Gasteiger partial charge in [0.05, 0.1) is 17.1 Å². The molecule has 16 heavy (non-hydrogen) atoms. The number of para-hydroxylation sites is 1. The van der Waals surface area contributed by atoms with Crippen molar-refractivity contribution in [3.63, 3.8) is 0 Å². The Morgan fingerprint density at radius 1 is 1.19 bits per heavy atom. The molecule has 0 aliphatic heterocycles. The van der Waals surface area contributed by atoms with Gasteiger partial charge in [-0.25, -0.2) is 0 Å². The Balaban J connectivity index is 2.26. The predicted octanol–water partition coefficient (Wildman–Crippen LogP) is 4.27. The molecule has 0 atom stereocenters. The Kier molecular flexibility index (Phi) is 3.65. The van der Waals surface area contributed by atoms with Crippen LogP contribution in [-0.2, 0) is 5.88 Å². The summed E-state index contributed by atoms with van der Waals surface area (Å²) in [4.78, 5) is 3.95. The van der Waals surface area contributed by atoms with Gasteiger partial charge in [-0.1, -0.05) is 29.8 Å². The zero-order valence-electron chi connectivity index (χ0n) is 8.36. The van der Waals surface area contributed by atoms with Crippen molar-refractivity contribution in [3.8, 4) is 11.5 Å². The number of ether oxygens (including phenoxy) is 1. The summed E-state index contributed by atoms with van der Waals surface area (Å²) >= 11 is 11.6. The van der Waals surface area contributed by atoms with Crippen molar-refractivity contribution < 1.29 is 4.74 Å². The van der Waals surface area contributed by atoms with Crippen molar-refractivity contribution in [1.82, 2.24) is 4.98 Å². The second-order valence-corrected chi connectivity index (χ2v) is 3.89. The number of hydrogen-bond donors (Lipinski definition) is 0. The molecule has 0 aliphatic carbocycles. The summed E-state index contributed by atoms with van der Waals surface area (Å²) in [6.45, 7) is 0. The highest BCUT2D eigenvalue weighted by molar-refractivity contribution is 6.30. The van der Waals surface area contributed by atoms with Gasteiger partial charge in [0, 0.05) is 17.8 Å². The summed E-state index contributed by atoms with van der Waals surface area (Å²) in [6.07, 6.45) is 3.17. The molecular formula is C12H9Cl2NO. The van der Waals surface area contributed by atoms with Crippen LogP contribution in [0.5, 0.6) is 11.5 Å². The summed E-state index contributed by atoms with van der Waals surface area (Å²) in [5.74, 6) is 1.73. The smallest absolute Gasteiger partial charge is 0.147 e. The highest BCUT2D eigenvalue weighted by atomic mass is 35.5. The van der Waals surface area contributed by atoms with Crippen LogP contribution in [0.25, 0.3) is 0 Å². The number of aromatic nitrogens is 1. The minimum Gasteiger partial charge on any atom is -0.455 e. The maximum atomic E-state index is 5.82. The van der Waals surface area contributed by atoms with Crippen LogP contribution in [0.2, 0.25) is 5.02 Å². The molecule has 0 unspecified atom stereocenters. The molecule has 0 radical (unpaired) electrons. The Labute approximate surface area is 104 Å². The number of benzene rings is 1. The van der Waals surface area contributed by atoms with E-state index < -0.39 is 0 Å². The first kappa shape index (κ1) is 11.2. The van der Waals surface area contributed by atoms with Gasteiger partial charge in [0.1, 0.15) is 11.5 Å². The van der Waals surface area contributed by atoms with Crippen molar-refractivity contribution in [1.29, 1.82) is 0 Å². The molecule has 82 valence electrons. The van der Waals surface area contributed by atoms with Crippen molar-refractivity contribution in [3.05, 3.63) is 53.3 Å². The molecule has 0 aliphatic rings. The van der Waals surface area contributed by atoms with E-state index in [0.717, 1.165) is 11.3 Å². The number of pyridine rings is 1. The molecule has 0 N–H and O–H groups in total. The number of halogens is 2. The van der Waals surface area contributed by atoms with Gasteiger partial charge in [-0.15, -0.1) is 11.6 Å². The Bertz CT molecular complexity index is 488. The first-order valence-electron chi connectivity index (χ1n) is 4.72. The fraction of sp³-hybridized carbons (Fsp3) is 0.0833. The van der Waals surface area contributed by atoms with Gasteiger partial charge < -0.3 is 4.74 Å². The van der Waals surface area contributed by atoms with E-state index in [1.807, 2.05) is 24.3 Å². The number of nitrogens with zero attached hydrogens (tertiary/aromatic N) is 1. The fourth-order valence-corrected chi connectivity index (χ4v) is 1.67. The first-order chi connectivity index (χ1) is 7.79. The zero-order valence-corrected chi connectivity index (χ0v) is 9.87. The van der Waals surface area contributed by atoms with Gasteiger partial charge in [-0.05, 0) is 6.07 Å². The van der Waals surface area contributed by atoms with Crippen LogP contribution >= 0.6 is 23.2 Å². The lowest BCUT2D eigenvalue weighted by Crippen LogP contribution is -1.89. The second kappa shape index (κ2) is 5.19. The predicted molar refractivity (Wildman–Crippen MR) is 65.3 cm³/mol. The molecule has 0 fully saturated rings. The van der Waals surface area contributed by atoms with E-state index in [4.69, 9.17) is 27.9 Å². The summed E-state index contributed by atoms with van der Waals surface area (Å²) in [7, 11) is 0. The van der Waals surface area contributed by atoms with Crippen molar-refractivity contribution >= 4 is 23.2 Å². The van der Waals surface area contributed by atoms with Crippen molar-refractivity contribution in [2.75, 3.05) is 0 Å². The van der Waals surface area contributed by atoms with Crippen LogP contribution in [-0.4, -0.2) is 4.98 Å². The molecule has 0 bridgehead atoms. The van der Waals surface area contributed by atoms with E-state index in [-0.39, 0.29) is 0 Å². The summed E-state index contributed by atoms with van der Waals surface area (Å²) in [5.41, 5.74) is 0.934. The molecule has 2 aromatic rings. The van der Waals surface area contributed by atoms with Gasteiger partial charge in [-0.3, -0.25) is 4.98 Å². The van der Waals surface area contributed by atoms with Crippen LogP contribution in [0.4, 0.5) is 0 Å². The minimum absolute atomic E-state index is 0.407. The van der Waals surface area contributed by atoms with Crippen LogP contribution in [0.15, 0.2) is 42.7 Å². The lowest BCUT2D eigenvalue weighted by atomic mass is 10.2. The molecule has 0 spiro atoms. The van der Waals surface area contributed by atoms with Crippen molar-refractivity contribution in [2.24, 2.45) is 0 Å². The lowest BCUT2D eigenvalue weighted by Gasteiger charge is -2.08. The third-order valence-corrected chi connectivity index (χ3v) is 2.52. The zero-order chi connectivity index (χ0) is 11.4. The molecule has 1 heterocycles. The molecule has 1 aromatic carbocycles. The Morgan fingerprint density at radius 2 is 2.00 bits per heavy atom. The van der Waals surface area contributed by atoms with Gasteiger partial charge >= 0.3 is 0 Å². The third kappa shape index (κ3) is 2.65. The largest absolute Gasteiger partial charge is 0.455 e. The van der Waals surface area contributed by atoms with E-state index in [9.17, 15) is 0 Å². The maximum absolute atomic E-state index is 5.82. The van der Waals surface area contributed by atoms with E-state index in [1.54, 1.807) is 18.5 Å². The molecule has 0 saturated heterocycles. The Hall–Kier alpha value is -1.25. The Morgan fingerprint density at radius 3 is 2.75 bits per heavy atom. The van der Waals surface area contributed by atoms with Gasteiger partial charge in [-0.2, -0.15) is 0 Å². The van der Waals surface area contributed by atoms with Gasteiger partial charge in [0.25, 0.3) is 0 Å². The number of hydrogen-bond acceptors (Lipinski definition) is 2. The highest BCUT2D eigenvalue weighted by Gasteiger charge is 2.03. The monoisotopic (exact) mass is 253 g/mol.